The Hall–Kier alpha value is 0.0569. The van der Waals surface area contributed by atoms with Gasteiger partial charge in [-0.05, 0) is 25.8 Å². The van der Waals surface area contributed by atoms with E-state index >= 15 is 0 Å². The summed E-state index contributed by atoms with van der Waals surface area (Å²) in [5.41, 5.74) is 5.34. The number of hydrogen-bond acceptors (Lipinski definition) is 4. The van der Waals surface area contributed by atoms with Crippen molar-refractivity contribution in [3.8, 4) is 0 Å². The second-order valence-corrected chi connectivity index (χ2v) is 5.80. The summed E-state index contributed by atoms with van der Waals surface area (Å²) < 4.78 is 15.8. The van der Waals surface area contributed by atoms with Crippen LogP contribution in [-0.4, -0.2) is 36.7 Å². The summed E-state index contributed by atoms with van der Waals surface area (Å²) in [4.78, 5) is 0. The molecule has 0 saturated heterocycles. The first-order chi connectivity index (χ1) is 6.24. The van der Waals surface area contributed by atoms with Gasteiger partial charge in [0.1, 0.15) is 0 Å². The van der Waals surface area contributed by atoms with Crippen molar-refractivity contribution in [3.63, 3.8) is 0 Å². The van der Waals surface area contributed by atoms with Crippen molar-refractivity contribution in [2.24, 2.45) is 5.73 Å². The van der Waals surface area contributed by atoms with Crippen molar-refractivity contribution in [2.75, 3.05) is 27.9 Å². The normalized spacial score (nSPS) is 12.0. The lowest BCUT2D eigenvalue weighted by molar-refractivity contribution is 0.123. The second-order valence-electron chi connectivity index (χ2n) is 2.71. The van der Waals surface area contributed by atoms with Crippen LogP contribution in [0.15, 0.2) is 0 Å². The maximum atomic E-state index is 5.34. The highest BCUT2D eigenvalue weighted by atomic mass is 28.4. The van der Waals surface area contributed by atoms with Crippen LogP contribution in [0.5, 0.6) is 0 Å². The Morgan fingerprint density at radius 3 is 2.08 bits per heavy atom. The van der Waals surface area contributed by atoms with E-state index in [-0.39, 0.29) is 0 Å². The summed E-state index contributed by atoms with van der Waals surface area (Å²) in [6.07, 6.45) is 4.03. The van der Waals surface area contributed by atoms with Gasteiger partial charge in [0.25, 0.3) is 0 Å². The molecule has 4 nitrogen and oxygen atoms in total. The zero-order valence-corrected chi connectivity index (χ0v) is 9.71. The Morgan fingerprint density at radius 1 is 1.15 bits per heavy atom. The molecule has 0 atom stereocenters. The molecule has 1 radical (unpaired) electrons. The molecule has 0 aromatic carbocycles. The standard InChI is InChI=1S/C8H20NO3Si/c1-10-13(11-2,12-3)8-6-4-5-7-9/h5H,4,6-9H2,1-3H3. The molecule has 0 heterocycles. The van der Waals surface area contributed by atoms with E-state index in [2.05, 4.69) is 0 Å². The second kappa shape index (κ2) is 7.46. The van der Waals surface area contributed by atoms with Crippen molar-refractivity contribution >= 4 is 8.80 Å². The van der Waals surface area contributed by atoms with Crippen LogP contribution in [0.3, 0.4) is 0 Å². The molecule has 5 heteroatoms. The minimum Gasteiger partial charge on any atom is -0.377 e. The molecule has 0 aliphatic carbocycles. The molecule has 0 aliphatic rings. The van der Waals surface area contributed by atoms with E-state index in [1.165, 1.54) is 0 Å². The molecule has 0 saturated carbocycles. The molecule has 2 N–H and O–H groups in total. The van der Waals surface area contributed by atoms with E-state index in [1.807, 2.05) is 6.42 Å². The fourth-order valence-electron chi connectivity index (χ4n) is 1.14. The van der Waals surface area contributed by atoms with Crippen molar-refractivity contribution in [3.05, 3.63) is 6.42 Å². The van der Waals surface area contributed by atoms with Crippen LogP contribution >= 0.6 is 0 Å². The molecule has 13 heavy (non-hydrogen) atoms. The summed E-state index contributed by atoms with van der Waals surface area (Å²) in [5, 5.41) is 0. The maximum Gasteiger partial charge on any atom is 0.500 e. The summed E-state index contributed by atoms with van der Waals surface area (Å²) >= 11 is 0. The molecule has 0 aromatic heterocycles. The van der Waals surface area contributed by atoms with E-state index in [1.54, 1.807) is 21.3 Å². The summed E-state index contributed by atoms with van der Waals surface area (Å²) in [7, 11) is 2.56. The highest BCUT2D eigenvalue weighted by Crippen LogP contribution is 2.16. The fourth-order valence-corrected chi connectivity index (χ4v) is 2.89. The minimum absolute atomic E-state index is 0.626. The molecule has 0 spiro atoms. The van der Waals surface area contributed by atoms with Gasteiger partial charge in [-0.25, -0.2) is 0 Å². The Bertz CT molecular complexity index is 112. The van der Waals surface area contributed by atoms with Gasteiger partial charge in [-0.3, -0.25) is 0 Å². The average molecular weight is 206 g/mol. The van der Waals surface area contributed by atoms with Gasteiger partial charge in [0.15, 0.2) is 0 Å². The van der Waals surface area contributed by atoms with Crippen LogP contribution < -0.4 is 5.73 Å². The Labute approximate surface area is 81.7 Å². The molecule has 0 aromatic rings. The van der Waals surface area contributed by atoms with Crippen LogP contribution in [0.2, 0.25) is 6.04 Å². The number of nitrogens with two attached hydrogens (primary N) is 1. The van der Waals surface area contributed by atoms with E-state index in [0.29, 0.717) is 6.54 Å². The average Bonchev–Trinajstić information content (AvgIpc) is 2.20. The van der Waals surface area contributed by atoms with Gasteiger partial charge in [-0.2, -0.15) is 0 Å². The molecule has 0 bridgehead atoms. The molecule has 0 unspecified atom stereocenters. The summed E-state index contributed by atoms with van der Waals surface area (Å²) in [6, 6.07) is 0.840. The van der Waals surface area contributed by atoms with E-state index < -0.39 is 8.80 Å². The SMILES string of the molecule is CO[Si](CCC[CH]CN)(OC)OC. The van der Waals surface area contributed by atoms with E-state index in [0.717, 1.165) is 18.9 Å². The molecular formula is C8H20NO3Si. The van der Waals surface area contributed by atoms with Crippen LogP contribution in [0, 0.1) is 6.42 Å². The van der Waals surface area contributed by atoms with Crippen LogP contribution in [-0.2, 0) is 13.3 Å². The smallest absolute Gasteiger partial charge is 0.377 e. The quantitative estimate of drug-likeness (QED) is 0.471. The molecule has 0 rings (SSSR count). The predicted molar refractivity (Wildman–Crippen MR) is 54.2 cm³/mol. The highest BCUT2D eigenvalue weighted by molar-refractivity contribution is 6.60. The third kappa shape index (κ3) is 4.73. The first-order valence-electron chi connectivity index (χ1n) is 4.42. The van der Waals surface area contributed by atoms with Crippen LogP contribution in [0.1, 0.15) is 12.8 Å². The van der Waals surface area contributed by atoms with Gasteiger partial charge < -0.3 is 19.0 Å². The Kier molecular flexibility index (Phi) is 7.49. The molecule has 0 fully saturated rings. The van der Waals surface area contributed by atoms with Gasteiger partial charge in [0.2, 0.25) is 0 Å². The number of hydrogen-bond donors (Lipinski definition) is 1. The predicted octanol–water partition coefficient (Wildman–Crippen LogP) is 0.808. The van der Waals surface area contributed by atoms with Gasteiger partial charge in [-0.15, -0.1) is 0 Å². The topological polar surface area (TPSA) is 53.7 Å². The maximum absolute atomic E-state index is 5.34. The number of rotatable bonds is 8. The van der Waals surface area contributed by atoms with Gasteiger partial charge in [-0.1, -0.05) is 0 Å². The first-order valence-corrected chi connectivity index (χ1v) is 6.35. The fraction of sp³-hybridized carbons (Fsp3) is 0.875. The lowest BCUT2D eigenvalue weighted by atomic mass is 10.2. The lowest BCUT2D eigenvalue weighted by Gasteiger charge is -2.24. The molecule has 0 amide bonds. The minimum atomic E-state index is -2.33. The zero-order valence-electron chi connectivity index (χ0n) is 8.71. The van der Waals surface area contributed by atoms with Crippen molar-refractivity contribution in [1.29, 1.82) is 0 Å². The highest BCUT2D eigenvalue weighted by Gasteiger charge is 2.36. The molecule has 79 valence electrons. The lowest BCUT2D eigenvalue weighted by Crippen LogP contribution is -2.42. The molecular weight excluding hydrogens is 186 g/mol. The first kappa shape index (κ1) is 13.1. The largest absolute Gasteiger partial charge is 0.500 e. The van der Waals surface area contributed by atoms with E-state index in [9.17, 15) is 0 Å². The van der Waals surface area contributed by atoms with Crippen molar-refractivity contribution < 1.29 is 13.3 Å². The Balaban J connectivity index is 3.68. The van der Waals surface area contributed by atoms with Gasteiger partial charge in [0.05, 0.1) is 0 Å². The summed E-state index contributed by atoms with van der Waals surface area (Å²) in [6.45, 7) is 0.626. The third-order valence-corrected chi connectivity index (χ3v) is 4.82. The monoisotopic (exact) mass is 206 g/mol. The molecule has 0 aliphatic heterocycles. The third-order valence-electron chi connectivity index (χ3n) is 1.99. The van der Waals surface area contributed by atoms with Crippen LogP contribution in [0.25, 0.3) is 0 Å². The van der Waals surface area contributed by atoms with Gasteiger partial charge >= 0.3 is 8.80 Å². The van der Waals surface area contributed by atoms with Crippen LogP contribution in [0.4, 0.5) is 0 Å². The van der Waals surface area contributed by atoms with Crippen molar-refractivity contribution in [1.82, 2.24) is 0 Å². The Morgan fingerprint density at radius 2 is 1.69 bits per heavy atom. The zero-order chi connectivity index (χ0) is 10.2. The van der Waals surface area contributed by atoms with Gasteiger partial charge in [0, 0.05) is 27.4 Å². The van der Waals surface area contributed by atoms with E-state index in [4.69, 9.17) is 19.0 Å². The number of unbranched alkanes of at least 4 members (excludes halogenated alkanes) is 2. The van der Waals surface area contributed by atoms with Crippen molar-refractivity contribution in [2.45, 2.75) is 18.9 Å². The summed E-state index contributed by atoms with van der Waals surface area (Å²) in [5.74, 6) is 0.